The highest BCUT2D eigenvalue weighted by Gasteiger charge is 2.05. The molecule has 0 aliphatic heterocycles. The molecule has 0 N–H and O–H groups in total. The lowest BCUT2D eigenvalue weighted by Gasteiger charge is -2.11. The van der Waals surface area contributed by atoms with Gasteiger partial charge in [0.2, 0.25) is 0 Å². The smallest absolute Gasteiger partial charge is 0.120 e. The summed E-state index contributed by atoms with van der Waals surface area (Å²) in [6.07, 6.45) is 0. The van der Waals surface area contributed by atoms with Crippen molar-refractivity contribution in [2.75, 3.05) is 0 Å². The van der Waals surface area contributed by atoms with Crippen molar-refractivity contribution in [3.63, 3.8) is 0 Å². The van der Waals surface area contributed by atoms with Gasteiger partial charge in [0.25, 0.3) is 0 Å². The molecule has 0 radical (unpaired) electrons. The molecule has 0 aliphatic rings. The van der Waals surface area contributed by atoms with E-state index in [9.17, 15) is 0 Å². The van der Waals surface area contributed by atoms with Crippen molar-refractivity contribution in [2.24, 2.45) is 0 Å². The van der Waals surface area contributed by atoms with Crippen LogP contribution in [0.3, 0.4) is 0 Å². The quantitative estimate of drug-likeness (QED) is 0.808. The topological polar surface area (TPSA) is 33.0 Å². The third kappa shape index (κ3) is 3.20. The van der Waals surface area contributed by atoms with Crippen LogP contribution in [0.15, 0.2) is 34.8 Å². The second kappa shape index (κ2) is 6.11. The zero-order valence-corrected chi connectivity index (χ0v) is 13.4. The van der Waals surface area contributed by atoms with Crippen LogP contribution in [0.4, 0.5) is 0 Å². The maximum Gasteiger partial charge on any atom is 0.120 e. The van der Waals surface area contributed by atoms with Gasteiger partial charge in [-0.2, -0.15) is 5.26 Å². The van der Waals surface area contributed by atoms with Gasteiger partial charge in [-0.15, -0.1) is 0 Å². The molecule has 3 heteroatoms. The maximum absolute atomic E-state index is 8.86. The standard InChI is InChI=1S/C17H16BrNO/c1-11-6-14(9-19)4-5-15(11)10-20-16-7-12(2)17(18)13(3)8-16/h4-8H,10H2,1-3H3. The molecule has 0 atom stereocenters. The van der Waals surface area contributed by atoms with Crippen LogP contribution in [0, 0.1) is 32.1 Å². The van der Waals surface area contributed by atoms with E-state index in [2.05, 4.69) is 35.8 Å². The van der Waals surface area contributed by atoms with Crippen LogP contribution < -0.4 is 4.74 Å². The Kier molecular flexibility index (Phi) is 4.46. The first-order chi connectivity index (χ1) is 9.51. The lowest BCUT2D eigenvalue weighted by atomic mass is 10.1. The first-order valence-electron chi connectivity index (χ1n) is 6.40. The number of nitriles is 1. The summed E-state index contributed by atoms with van der Waals surface area (Å²) in [5.74, 6) is 0.868. The van der Waals surface area contributed by atoms with Crippen LogP contribution in [-0.2, 0) is 6.61 Å². The van der Waals surface area contributed by atoms with E-state index < -0.39 is 0 Å². The van der Waals surface area contributed by atoms with Gasteiger partial charge in [0.15, 0.2) is 0 Å². The van der Waals surface area contributed by atoms with E-state index in [0.717, 1.165) is 32.5 Å². The van der Waals surface area contributed by atoms with Crippen LogP contribution in [-0.4, -0.2) is 0 Å². The SMILES string of the molecule is Cc1cc(C#N)ccc1COc1cc(C)c(Br)c(C)c1. The molecule has 0 bridgehead atoms. The largest absolute Gasteiger partial charge is 0.489 e. The third-order valence-electron chi connectivity index (χ3n) is 3.28. The van der Waals surface area contributed by atoms with Gasteiger partial charge in [0, 0.05) is 4.47 Å². The lowest BCUT2D eigenvalue weighted by molar-refractivity contribution is 0.305. The van der Waals surface area contributed by atoms with Gasteiger partial charge >= 0.3 is 0 Å². The number of rotatable bonds is 3. The average molecular weight is 330 g/mol. The summed E-state index contributed by atoms with van der Waals surface area (Å²) >= 11 is 3.55. The van der Waals surface area contributed by atoms with Crippen LogP contribution in [0.5, 0.6) is 5.75 Å². The zero-order chi connectivity index (χ0) is 14.7. The summed E-state index contributed by atoms with van der Waals surface area (Å²) in [6, 6.07) is 11.9. The normalized spacial score (nSPS) is 10.2. The summed E-state index contributed by atoms with van der Waals surface area (Å²) < 4.78 is 6.98. The van der Waals surface area contributed by atoms with Gasteiger partial charge in [-0.1, -0.05) is 22.0 Å². The minimum absolute atomic E-state index is 0.512. The van der Waals surface area contributed by atoms with E-state index in [-0.39, 0.29) is 0 Å². The van der Waals surface area contributed by atoms with Crippen molar-refractivity contribution < 1.29 is 4.74 Å². The molecule has 2 nitrogen and oxygen atoms in total. The van der Waals surface area contributed by atoms with Crippen molar-refractivity contribution in [1.82, 2.24) is 0 Å². The molecule has 0 amide bonds. The van der Waals surface area contributed by atoms with Gasteiger partial charge in [-0.05, 0) is 67.3 Å². The van der Waals surface area contributed by atoms with E-state index in [1.54, 1.807) is 0 Å². The van der Waals surface area contributed by atoms with Crippen LogP contribution in [0.2, 0.25) is 0 Å². The zero-order valence-electron chi connectivity index (χ0n) is 11.8. The molecule has 2 aromatic rings. The van der Waals surface area contributed by atoms with Crippen molar-refractivity contribution in [3.05, 3.63) is 62.6 Å². The van der Waals surface area contributed by atoms with E-state index in [4.69, 9.17) is 10.00 Å². The summed E-state index contributed by atoms with van der Waals surface area (Å²) in [5.41, 5.74) is 5.19. The summed E-state index contributed by atoms with van der Waals surface area (Å²) in [4.78, 5) is 0. The summed E-state index contributed by atoms with van der Waals surface area (Å²) in [7, 11) is 0. The van der Waals surface area contributed by atoms with Gasteiger partial charge in [0.05, 0.1) is 11.6 Å². The minimum Gasteiger partial charge on any atom is -0.489 e. The van der Waals surface area contributed by atoms with E-state index >= 15 is 0 Å². The van der Waals surface area contributed by atoms with Crippen molar-refractivity contribution in [2.45, 2.75) is 27.4 Å². The van der Waals surface area contributed by atoms with E-state index in [0.29, 0.717) is 12.2 Å². The molecule has 0 aliphatic carbocycles. The molecular weight excluding hydrogens is 314 g/mol. The lowest BCUT2D eigenvalue weighted by Crippen LogP contribution is -1.99. The van der Waals surface area contributed by atoms with E-state index in [1.807, 2.05) is 37.3 Å². The van der Waals surface area contributed by atoms with Crippen LogP contribution in [0.25, 0.3) is 0 Å². The monoisotopic (exact) mass is 329 g/mol. The highest BCUT2D eigenvalue weighted by atomic mass is 79.9. The number of hydrogen-bond donors (Lipinski definition) is 0. The fourth-order valence-corrected chi connectivity index (χ4v) is 2.31. The second-order valence-electron chi connectivity index (χ2n) is 4.91. The Bertz CT molecular complexity index is 663. The predicted molar refractivity (Wildman–Crippen MR) is 83.8 cm³/mol. The van der Waals surface area contributed by atoms with Gasteiger partial charge in [-0.3, -0.25) is 0 Å². The van der Waals surface area contributed by atoms with Gasteiger partial charge in [0.1, 0.15) is 12.4 Å². The summed E-state index contributed by atoms with van der Waals surface area (Å²) in [6.45, 7) is 6.61. The first-order valence-corrected chi connectivity index (χ1v) is 7.19. The Labute approximate surface area is 128 Å². The predicted octanol–water partition coefficient (Wildman–Crippen LogP) is 4.83. The van der Waals surface area contributed by atoms with E-state index in [1.165, 1.54) is 0 Å². The number of aryl methyl sites for hydroxylation is 3. The molecule has 2 aromatic carbocycles. The maximum atomic E-state index is 8.86. The van der Waals surface area contributed by atoms with Crippen molar-refractivity contribution in [3.8, 4) is 11.8 Å². The minimum atomic E-state index is 0.512. The van der Waals surface area contributed by atoms with Crippen molar-refractivity contribution in [1.29, 1.82) is 5.26 Å². The Balaban J connectivity index is 2.15. The second-order valence-corrected chi connectivity index (χ2v) is 5.71. The molecule has 102 valence electrons. The van der Waals surface area contributed by atoms with Crippen molar-refractivity contribution >= 4 is 15.9 Å². The molecule has 2 rings (SSSR count). The molecule has 20 heavy (non-hydrogen) atoms. The molecule has 0 saturated carbocycles. The Morgan fingerprint density at radius 3 is 2.25 bits per heavy atom. The van der Waals surface area contributed by atoms with Crippen LogP contribution in [0.1, 0.15) is 27.8 Å². The molecule has 0 fully saturated rings. The van der Waals surface area contributed by atoms with Gasteiger partial charge in [-0.25, -0.2) is 0 Å². The third-order valence-corrected chi connectivity index (χ3v) is 4.53. The molecule has 0 unspecified atom stereocenters. The molecule has 0 aromatic heterocycles. The Hall–Kier alpha value is -1.79. The Morgan fingerprint density at radius 2 is 1.70 bits per heavy atom. The molecule has 0 saturated heterocycles. The number of halogens is 1. The number of nitrogens with zero attached hydrogens (tertiary/aromatic N) is 1. The van der Waals surface area contributed by atoms with Crippen LogP contribution >= 0.6 is 15.9 Å². The Morgan fingerprint density at radius 1 is 1.05 bits per heavy atom. The number of hydrogen-bond acceptors (Lipinski definition) is 2. The molecule has 0 heterocycles. The molecular formula is C17H16BrNO. The molecule has 0 spiro atoms. The fraction of sp³-hybridized carbons (Fsp3) is 0.235. The number of ether oxygens (including phenoxy) is 1. The highest BCUT2D eigenvalue weighted by Crippen LogP contribution is 2.27. The van der Waals surface area contributed by atoms with Gasteiger partial charge < -0.3 is 4.74 Å². The highest BCUT2D eigenvalue weighted by molar-refractivity contribution is 9.10. The average Bonchev–Trinajstić information content (AvgIpc) is 2.43. The summed E-state index contributed by atoms with van der Waals surface area (Å²) in [5, 5.41) is 8.86. The first kappa shape index (κ1) is 14.6. The number of benzene rings is 2. The fourth-order valence-electron chi connectivity index (χ4n) is 2.08.